The third kappa shape index (κ3) is 2.76. The predicted molar refractivity (Wildman–Crippen MR) is 84.7 cm³/mol. The van der Waals surface area contributed by atoms with Gasteiger partial charge in [-0.15, -0.1) is 0 Å². The number of aromatic nitrogens is 3. The fourth-order valence-electron chi connectivity index (χ4n) is 2.96. The van der Waals surface area contributed by atoms with Gasteiger partial charge >= 0.3 is 0 Å². The number of nitrogens with one attached hydrogen (secondary N) is 1. The summed E-state index contributed by atoms with van der Waals surface area (Å²) in [6.07, 6.45) is -0.685. The molecule has 0 saturated carbocycles. The monoisotopic (exact) mass is 354 g/mol. The third-order valence-electron chi connectivity index (χ3n) is 4.23. The van der Waals surface area contributed by atoms with Crippen LogP contribution in [0.15, 0.2) is 12.5 Å². The smallest absolute Gasteiger partial charge is 0.181 e. The number of aliphatic hydroxyl groups excluding tert-OH is 2. The first-order valence-electron chi connectivity index (χ1n) is 7.77. The maximum absolute atomic E-state index is 15.1. The van der Waals surface area contributed by atoms with Crippen LogP contribution in [0.2, 0.25) is 0 Å². The Labute approximate surface area is 142 Å². The quantitative estimate of drug-likeness (QED) is 0.509. The minimum Gasteiger partial charge on any atom is -0.394 e. The van der Waals surface area contributed by atoms with E-state index in [1.807, 2.05) is 0 Å². The van der Waals surface area contributed by atoms with E-state index >= 15 is 4.39 Å². The van der Waals surface area contributed by atoms with Crippen molar-refractivity contribution >= 4 is 23.1 Å². The highest BCUT2D eigenvalue weighted by Gasteiger charge is 2.55. The SMILES string of the molecule is CCONc1ncnc2c1c(C=O)cn2[C@@H]1OC(CO)C(O)[C@@]1(C)F. The largest absolute Gasteiger partial charge is 0.394 e. The average molecular weight is 354 g/mol. The number of aldehydes is 1. The molecule has 1 aliphatic heterocycles. The van der Waals surface area contributed by atoms with Crippen LogP contribution in [0.1, 0.15) is 30.4 Å². The van der Waals surface area contributed by atoms with E-state index < -0.39 is 30.7 Å². The summed E-state index contributed by atoms with van der Waals surface area (Å²) < 4.78 is 21.8. The lowest BCUT2D eigenvalue weighted by molar-refractivity contribution is -0.0564. The Morgan fingerprint density at radius 1 is 1.56 bits per heavy atom. The first-order chi connectivity index (χ1) is 12.0. The number of anilines is 1. The molecule has 3 heterocycles. The van der Waals surface area contributed by atoms with Gasteiger partial charge in [-0.05, 0) is 13.8 Å². The zero-order valence-corrected chi connectivity index (χ0v) is 13.7. The second-order valence-electron chi connectivity index (χ2n) is 5.87. The normalized spacial score (nSPS) is 29.2. The highest BCUT2D eigenvalue weighted by atomic mass is 19.1. The van der Waals surface area contributed by atoms with Gasteiger partial charge in [-0.2, -0.15) is 0 Å². The molecule has 2 aromatic heterocycles. The predicted octanol–water partition coefficient (Wildman–Crippen LogP) is 0.586. The van der Waals surface area contributed by atoms with Gasteiger partial charge in [0.15, 0.2) is 24.0 Å². The molecule has 2 unspecified atom stereocenters. The molecule has 4 atom stereocenters. The maximum atomic E-state index is 15.1. The summed E-state index contributed by atoms with van der Waals surface area (Å²) in [7, 11) is 0. The Morgan fingerprint density at radius 3 is 2.92 bits per heavy atom. The number of hydrogen-bond donors (Lipinski definition) is 3. The van der Waals surface area contributed by atoms with Crippen molar-refractivity contribution in [2.24, 2.45) is 0 Å². The average Bonchev–Trinajstić information content (AvgIpc) is 3.09. The van der Waals surface area contributed by atoms with Gasteiger partial charge in [0.25, 0.3) is 0 Å². The van der Waals surface area contributed by atoms with Gasteiger partial charge in [0.05, 0.1) is 18.6 Å². The van der Waals surface area contributed by atoms with Crippen molar-refractivity contribution in [2.75, 3.05) is 18.7 Å². The fourth-order valence-corrected chi connectivity index (χ4v) is 2.96. The number of nitrogens with zero attached hydrogens (tertiary/aromatic N) is 3. The van der Waals surface area contributed by atoms with Gasteiger partial charge < -0.3 is 19.5 Å². The standard InChI is InChI=1S/C15H19FN4O5/c1-3-24-19-12-10-8(5-21)4-20(13(10)18-7-17-12)14-15(2,16)11(23)9(6-22)25-14/h4-5,7,9,11,14,22-23H,3,6H2,1-2H3,(H,17,18,19)/t9?,11?,14-,15-/m1/s1. The second-order valence-corrected chi connectivity index (χ2v) is 5.87. The van der Waals surface area contributed by atoms with Crippen LogP contribution in [0, 0.1) is 0 Å². The number of alkyl halides is 1. The van der Waals surface area contributed by atoms with Crippen molar-refractivity contribution in [2.45, 2.75) is 38.0 Å². The molecule has 0 amide bonds. The molecule has 10 heteroatoms. The van der Waals surface area contributed by atoms with Gasteiger partial charge in [0.2, 0.25) is 0 Å². The molecule has 0 aliphatic carbocycles. The summed E-state index contributed by atoms with van der Waals surface area (Å²) in [5, 5.41) is 19.7. The number of hydrogen-bond acceptors (Lipinski definition) is 8. The molecule has 1 fully saturated rings. The van der Waals surface area contributed by atoms with E-state index in [4.69, 9.17) is 9.57 Å². The zero-order chi connectivity index (χ0) is 18.2. The van der Waals surface area contributed by atoms with Crippen LogP contribution in [-0.4, -0.2) is 62.1 Å². The van der Waals surface area contributed by atoms with E-state index in [1.165, 1.54) is 24.0 Å². The van der Waals surface area contributed by atoms with Crippen LogP contribution in [0.5, 0.6) is 0 Å². The first kappa shape index (κ1) is 17.7. The van der Waals surface area contributed by atoms with Crippen molar-refractivity contribution in [1.29, 1.82) is 0 Å². The molecule has 9 nitrogen and oxygen atoms in total. The minimum atomic E-state index is -2.20. The maximum Gasteiger partial charge on any atom is 0.181 e. The van der Waals surface area contributed by atoms with Crippen molar-refractivity contribution in [3.05, 3.63) is 18.1 Å². The lowest BCUT2D eigenvalue weighted by Crippen LogP contribution is -2.40. The summed E-state index contributed by atoms with van der Waals surface area (Å²) in [5.41, 5.74) is 0.864. The molecule has 3 N–H and O–H groups in total. The molecule has 136 valence electrons. The fraction of sp³-hybridized carbons (Fsp3) is 0.533. The third-order valence-corrected chi connectivity index (χ3v) is 4.23. The van der Waals surface area contributed by atoms with Crippen LogP contribution < -0.4 is 5.48 Å². The topological polar surface area (TPSA) is 119 Å². The summed E-state index contributed by atoms with van der Waals surface area (Å²) in [6.45, 7) is 2.77. The Kier molecular flexibility index (Phi) is 4.69. The number of rotatable bonds is 6. The lowest BCUT2D eigenvalue weighted by atomic mass is 9.98. The Bertz CT molecular complexity index is 781. The molecule has 0 radical (unpaired) electrons. The molecular weight excluding hydrogens is 335 g/mol. The van der Waals surface area contributed by atoms with Crippen LogP contribution in [0.3, 0.4) is 0 Å². The Morgan fingerprint density at radius 2 is 2.32 bits per heavy atom. The van der Waals surface area contributed by atoms with E-state index in [0.29, 0.717) is 18.3 Å². The summed E-state index contributed by atoms with van der Waals surface area (Å²) >= 11 is 0. The van der Waals surface area contributed by atoms with Gasteiger partial charge in [-0.1, -0.05) is 0 Å². The summed E-state index contributed by atoms with van der Waals surface area (Å²) in [6, 6.07) is 0. The van der Waals surface area contributed by atoms with Crippen molar-refractivity contribution < 1.29 is 29.0 Å². The minimum absolute atomic E-state index is 0.208. The molecule has 25 heavy (non-hydrogen) atoms. The van der Waals surface area contributed by atoms with E-state index in [1.54, 1.807) is 6.92 Å². The molecule has 0 bridgehead atoms. The summed E-state index contributed by atoms with van der Waals surface area (Å²) in [4.78, 5) is 24.7. The molecule has 0 spiro atoms. The van der Waals surface area contributed by atoms with Gasteiger partial charge in [0.1, 0.15) is 24.2 Å². The Hall–Kier alpha value is -2.14. The molecule has 3 rings (SSSR count). The van der Waals surface area contributed by atoms with Crippen molar-refractivity contribution in [3.63, 3.8) is 0 Å². The van der Waals surface area contributed by atoms with E-state index in [0.717, 1.165) is 0 Å². The van der Waals surface area contributed by atoms with Crippen molar-refractivity contribution in [1.82, 2.24) is 14.5 Å². The van der Waals surface area contributed by atoms with Gasteiger partial charge in [-0.3, -0.25) is 9.63 Å². The van der Waals surface area contributed by atoms with Crippen LogP contribution in [0.4, 0.5) is 10.2 Å². The number of aliphatic hydroxyl groups is 2. The zero-order valence-electron chi connectivity index (χ0n) is 13.7. The number of fused-ring (bicyclic) bond motifs is 1. The molecular formula is C15H19FN4O5. The van der Waals surface area contributed by atoms with Gasteiger partial charge in [-0.25, -0.2) is 19.8 Å². The van der Waals surface area contributed by atoms with Crippen molar-refractivity contribution in [3.8, 4) is 0 Å². The van der Waals surface area contributed by atoms with Crippen LogP contribution >= 0.6 is 0 Å². The lowest BCUT2D eigenvalue weighted by Gasteiger charge is -2.25. The van der Waals surface area contributed by atoms with E-state index in [9.17, 15) is 15.0 Å². The number of ether oxygens (including phenoxy) is 1. The van der Waals surface area contributed by atoms with Crippen LogP contribution in [-0.2, 0) is 9.57 Å². The molecule has 1 saturated heterocycles. The van der Waals surface area contributed by atoms with E-state index in [2.05, 4.69) is 15.4 Å². The van der Waals surface area contributed by atoms with Gasteiger partial charge in [0, 0.05) is 11.8 Å². The summed E-state index contributed by atoms with van der Waals surface area (Å²) in [5.74, 6) is 0.255. The highest BCUT2D eigenvalue weighted by molar-refractivity contribution is 6.01. The number of halogens is 1. The number of carbonyl (C=O) groups excluding carboxylic acids is 1. The van der Waals surface area contributed by atoms with E-state index in [-0.39, 0.29) is 17.0 Å². The molecule has 1 aliphatic rings. The highest BCUT2D eigenvalue weighted by Crippen LogP contribution is 2.43. The second kappa shape index (κ2) is 6.64. The first-order valence-corrected chi connectivity index (χ1v) is 7.77. The Balaban J connectivity index is 2.13. The molecule has 0 aromatic carbocycles. The molecule has 2 aromatic rings. The van der Waals surface area contributed by atoms with Crippen LogP contribution in [0.25, 0.3) is 11.0 Å². The number of carbonyl (C=O) groups is 1.